The normalized spacial score (nSPS) is 11.9. The summed E-state index contributed by atoms with van der Waals surface area (Å²) in [6, 6.07) is 15.9. The third-order valence-electron chi connectivity index (χ3n) is 4.42. The fraction of sp³-hybridized carbons (Fsp3) is 0.227. The number of aryl methyl sites for hydroxylation is 1. The second-order valence-electron chi connectivity index (χ2n) is 7.05. The summed E-state index contributed by atoms with van der Waals surface area (Å²) in [6.07, 6.45) is 3.56. The molecule has 0 fully saturated rings. The average Bonchev–Trinajstić information content (AvgIpc) is 3.21. The van der Waals surface area contributed by atoms with Crippen molar-refractivity contribution in [1.82, 2.24) is 15.1 Å². The lowest BCUT2D eigenvalue weighted by molar-refractivity contribution is -0.118. The van der Waals surface area contributed by atoms with E-state index in [2.05, 4.69) is 15.7 Å². The molecule has 2 amide bonds. The molecule has 3 aromatic rings. The first kappa shape index (κ1) is 19.4. The quantitative estimate of drug-likeness (QED) is 0.690. The minimum absolute atomic E-state index is 0.0582. The van der Waals surface area contributed by atoms with Crippen LogP contribution in [-0.2, 0) is 4.79 Å². The van der Waals surface area contributed by atoms with Crippen LogP contribution in [0.15, 0.2) is 67.0 Å². The molecule has 0 saturated heterocycles. The Morgan fingerprint density at radius 1 is 1.04 bits per heavy atom. The van der Waals surface area contributed by atoms with Gasteiger partial charge in [-0.05, 0) is 55.3 Å². The fourth-order valence-corrected chi connectivity index (χ4v) is 2.88. The van der Waals surface area contributed by atoms with Crippen LogP contribution in [-0.4, -0.2) is 27.6 Å². The van der Waals surface area contributed by atoms with Crippen molar-refractivity contribution < 1.29 is 9.59 Å². The third-order valence-corrected chi connectivity index (χ3v) is 4.42. The SMILES string of the molecule is Cc1cccc(C(=O)N[C@H](C(=O)Nc2ccc(-n3cccn3)cc2)C(C)C)c1. The predicted octanol–water partition coefficient (Wildman–Crippen LogP) is 3.57. The van der Waals surface area contributed by atoms with Gasteiger partial charge in [-0.1, -0.05) is 31.5 Å². The number of carbonyl (C=O) groups excluding carboxylic acids is 2. The van der Waals surface area contributed by atoms with Gasteiger partial charge >= 0.3 is 0 Å². The maximum Gasteiger partial charge on any atom is 0.251 e. The summed E-state index contributed by atoms with van der Waals surface area (Å²) < 4.78 is 1.74. The van der Waals surface area contributed by atoms with Gasteiger partial charge in [0.2, 0.25) is 5.91 Å². The van der Waals surface area contributed by atoms with Gasteiger partial charge in [-0.25, -0.2) is 4.68 Å². The van der Waals surface area contributed by atoms with Crippen LogP contribution in [0.3, 0.4) is 0 Å². The zero-order chi connectivity index (χ0) is 20.1. The van der Waals surface area contributed by atoms with Crippen molar-refractivity contribution in [2.24, 2.45) is 5.92 Å². The van der Waals surface area contributed by atoms with Crippen molar-refractivity contribution in [3.63, 3.8) is 0 Å². The van der Waals surface area contributed by atoms with E-state index in [-0.39, 0.29) is 17.7 Å². The van der Waals surface area contributed by atoms with E-state index in [9.17, 15) is 9.59 Å². The van der Waals surface area contributed by atoms with Crippen LogP contribution >= 0.6 is 0 Å². The van der Waals surface area contributed by atoms with Gasteiger partial charge in [0.05, 0.1) is 5.69 Å². The second-order valence-corrected chi connectivity index (χ2v) is 7.05. The molecule has 0 aliphatic rings. The van der Waals surface area contributed by atoms with Crippen LogP contribution in [0.5, 0.6) is 0 Å². The van der Waals surface area contributed by atoms with Crippen molar-refractivity contribution in [2.75, 3.05) is 5.32 Å². The monoisotopic (exact) mass is 376 g/mol. The molecule has 6 nitrogen and oxygen atoms in total. The molecule has 1 heterocycles. The van der Waals surface area contributed by atoms with Gasteiger partial charge in [-0.3, -0.25) is 9.59 Å². The largest absolute Gasteiger partial charge is 0.340 e. The Labute approximate surface area is 164 Å². The lowest BCUT2D eigenvalue weighted by Crippen LogP contribution is -2.47. The molecule has 1 aromatic heterocycles. The summed E-state index contributed by atoms with van der Waals surface area (Å²) in [5.41, 5.74) is 3.10. The molecule has 1 atom stereocenters. The first-order chi connectivity index (χ1) is 13.4. The Morgan fingerprint density at radius 3 is 2.39 bits per heavy atom. The van der Waals surface area contributed by atoms with Crippen LogP contribution in [0.4, 0.5) is 5.69 Å². The number of carbonyl (C=O) groups is 2. The highest BCUT2D eigenvalue weighted by atomic mass is 16.2. The predicted molar refractivity (Wildman–Crippen MR) is 109 cm³/mol. The van der Waals surface area contributed by atoms with E-state index in [0.29, 0.717) is 11.3 Å². The fourth-order valence-electron chi connectivity index (χ4n) is 2.88. The van der Waals surface area contributed by atoms with E-state index in [0.717, 1.165) is 11.3 Å². The molecule has 28 heavy (non-hydrogen) atoms. The van der Waals surface area contributed by atoms with E-state index >= 15 is 0 Å². The highest BCUT2D eigenvalue weighted by Gasteiger charge is 2.24. The number of hydrogen-bond donors (Lipinski definition) is 2. The molecule has 0 bridgehead atoms. The molecule has 0 aliphatic heterocycles. The second kappa shape index (κ2) is 8.52. The first-order valence-corrected chi connectivity index (χ1v) is 9.22. The van der Waals surface area contributed by atoms with Gasteiger partial charge in [0.1, 0.15) is 6.04 Å². The minimum Gasteiger partial charge on any atom is -0.340 e. The van der Waals surface area contributed by atoms with Gasteiger partial charge in [0, 0.05) is 23.6 Å². The summed E-state index contributed by atoms with van der Waals surface area (Å²) >= 11 is 0. The number of rotatable bonds is 6. The Balaban J connectivity index is 1.68. The highest BCUT2D eigenvalue weighted by molar-refractivity contribution is 6.01. The molecule has 0 unspecified atom stereocenters. The van der Waals surface area contributed by atoms with E-state index in [1.54, 1.807) is 23.0 Å². The van der Waals surface area contributed by atoms with Crippen molar-refractivity contribution in [1.29, 1.82) is 0 Å². The van der Waals surface area contributed by atoms with E-state index in [1.807, 2.05) is 69.4 Å². The van der Waals surface area contributed by atoms with Gasteiger partial charge in [0.25, 0.3) is 5.91 Å². The van der Waals surface area contributed by atoms with E-state index in [1.165, 1.54) is 0 Å². The zero-order valence-electron chi connectivity index (χ0n) is 16.2. The number of benzene rings is 2. The standard InChI is InChI=1S/C22H24N4O2/c1-15(2)20(25-21(27)17-7-4-6-16(3)14-17)22(28)24-18-8-10-19(11-9-18)26-13-5-12-23-26/h4-15,20H,1-3H3,(H,24,28)(H,25,27)/t20-/m0/s1. The Kier molecular flexibility index (Phi) is 5.89. The van der Waals surface area contributed by atoms with Crippen LogP contribution in [0, 0.1) is 12.8 Å². The summed E-state index contributed by atoms with van der Waals surface area (Å²) in [7, 11) is 0. The Morgan fingerprint density at radius 2 is 1.79 bits per heavy atom. The van der Waals surface area contributed by atoms with Crippen LogP contribution < -0.4 is 10.6 Å². The number of nitrogens with one attached hydrogen (secondary N) is 2. The van der Waals surface area contributed by atoms with Crippen molar-refractivity contribution in [3.8, 4) is 5.69 Å². The number of nitrogens with zero attached hydrogens (tertiary/aromatic N) is 2. The van der Waals surface area contributed by atoms with Crippen molar-refractivity contribution in [2.45, 2.75) is 26.8 Å². The first-order valence-electron chi connectivity index (χ1n) is 9.22. The smallest absolute Gasteiger partial charge is 0.251 e. The van der Waals surface area contributed by atoms with Gasteiger partial charge in [0.15, 0.2) is 0 Å². The minimum atomic E-state index is -0.640. The molecular weight excluding hydrogens is 352 g/mol. The van der Waals surface area contributed by atoms with Crippen LogP contribution in [0.1, 0.15) is 29.8 Å². The third kappa shape index (κ3) is 4.65. The summed E-state index contributed by atoms with van der Waals surface area (Å²) in [6.45, 7) is 5.74. The summed E-state index contributed by atoms with van der Waals surface area (Å²) in [5.74, 6) is -0.563. The highest BCUT2D eigenvalue weighted by Crippen LogP contribution is 2.14. The number of hydrogen-bond acceptors (Lipinski definition) is 3. The Hall–Kier alpha value is -3.41. The summed E-state index contributed by atoms with van der Waals surface area (Å²) in [4.78, 5) is 25.3. The molecule has 2 aromatic carbocycles. The van der Waals surface area contributed by atoms with E-state index < -0.39 is 6.04 Å². The number of amides is 2. The van der Waals surface area contributed by atoms with Gasteiger partial charge in [-0.2, -0.15) is 5.10 Å². The maximum absolute atomic E-state index is 12.8. The average molecular weight is 376 g/mol. The summed E-state index contributed by atoms with van der Waals surface area (Å²) in [5, 5.41) is 9.91. The molecule has 3 rings (SSSR count). The molecule has 0 spiro atoms. The number of anilines is 1. The number of aromatic nitrogens is 2. The van der Waals surface area contributed by atoms with Crippen molar-refractivity contribution >= 4 is 17.5 Å². The topological polar surface area (TPSA) is 76.0 Å². The van der Waals surface area contributed by atoms with Crippen molar-refractivity contribution in [3.05, 3.63) is 78.1 Å². The molecule has 0 saturated carbocycles. The molecular formula is C22H24N4O2. The lowest BCUT2D eigenvalue weighted by Gasteiger charge is -2.22. The van der Waals surface area contributed by atoms with Crippen LogP contribution in [0.25, 0.3) is 5.69 Å². The maximum atomic E-state index is 12.8. The van der Waals surface area contributed by atoms with Gasteiger partial charge < -0.3 is 10.6 Å². The van der Waals surface area contributed by atoms with Crippen LogP contribution in [0.2, 0.25) is 0 Å². The molecule has 0 aliphatic carbocycles. The molecule has 144 valence electrons. The van der Waals surface area contributed by atoms with E-state index in [4.69, 9.17) is 0 Å². The Bertz CT molecular complexity index is 947. The van der Waals surface area contributed by atoms with Gasteiger partial charge in [-0.15, -0.1) is 0 Å². The zero-order valence-corrected chi connectivity index (χ0v) is 16.2. The molecule has 2 N–H and O–H groups in total. The molecule has 0 radical (unpaired) electrons. The lowest BCUT2D eigenvalue weighted by atomic mass is 10.0. The molecule has 6 heteroatoms.